The molecule has 0 spiro atoms. The Morgan fingerprint density at radius 1 is 1.31 bits per heavy atom. The Hall–Kier alpha value is -3.42. The highest BCUT2D eigenvalue weighted by Gasteiger charge is 2.22. The maximum atomic E-state index is 12.2. The highest BCUT2D eigenvalue weighted by Crippen LogP contribution is 2.39. The molecule has 29 heavy (non-hydrogen) atoms. The van der Waals surface area contributed by atoms with E-state index in [9.17, 15) is 9.18 Å². The summed E-state index contributed by atoms with van der Waals surface area (Å²) in [4.78, 5) is 16.7. The van der Waals surface area contributed by atoms with E-state index in [1.165, 1.54) is 0 Å². The average molecular weight is 395 g/mol. The van der Waals surface area contributed by atoms with Crippen LogP contribution in [-0.4, -0.2) is 40.9 Å². The molecule has 1 aliphatic rings. The molecule has 3 heterocycles. The molecular formula is C21H22FN5O2. The number of nitrogens with one attached hydrogen (secondary N) is 3. The largest absolute Gasteiger partial charge is 0.492 e. The molecule has 0 saturated carbocycles. The first-order valence-electron chi connectivity index (χ1n) is 9.57. The summed E-state index contributed by atoms with van der Waals surface area (Å²) in [6.07, 6.45) is 6.45. The van der Waals surface area contributed by atoms with Crippen molar-refractivity contribution in [3.63, 3.8) is 0 Å². The van der Waals surface area contributed by atoms with Gasteiger partial charge in [-0.15, -0.1) is 0 Å². The molecule has 0 unspecified atom stereocenters. The summed E-state index contributed by atoms with van der Waals surface area (Å²) < 4.78 is 18.0. The number of hydrogen-bond donors (Lipinski definition) is 3. The number of hydrogen-bond acceptors (Lipinski definition) is 5. The van der Waals surface area contributed by atoms with Gasteiger partial charge < -0.3 is 15.4 Å². The number of ether oxygens (including phenoxy) is 1. The van der Waals surface area contributed by atoms with E-state index in [-0.39, 0.29) is 5.91 Å². The van der Waals surface area contributed by atoms with Crippen molar-refractivity contribution in [2.24, 2.45) is 0 Å². The molecule has 0 atom stereocenters. The van der Waals surface area contributed by atoms with Crippen LogP contribution in [0.4, 0.5) is 10.2 Å². The fourth-order valence-electron chi connectivity index (χ4n) is 3.32. The van der Waals surface area contributed by atoms with Crippen LogP contribution in [-0.2, 0) is 13.0 Å². The predicted octanol–water partition coefficient (Wildman–Crippen LogP) is 3.11. The molecular weight excluding hydrogens is 373 g/mol. The summed E-state index contributed by atoms with van der Waals surface area (Å²) in [5.41, 5.74) is 4.41. The van der Waals surface area contributed by atoms with Gasteiger partial charge in [-0.05, 0) is 24.1 Å². The van der Waals surface area contributed by atoms with Crippen molar-refractivity contribution >= 4 is 11.7 Å². The highest BCUT2D eigenvalue weighted by atomic mass is 19.1. The summed E-state index contributed by atoms with van der Waals surface area (Å²) in [6.45, 7) is 1.03. The Morgan fingerprint density at radius 3 is 3.07 bits per heavy atom. The third-order valence-electron chi connectivity index (χ3n) is 4.78. The quantitative estimate of drug-likeness (QED) is 0.510. The number of aromatic nitrogens is 3. The maximum Gasteiger partial charge on any atom is 0.251 e. The number of benzene rings is 1. The minimum Gasteiger partial charge on any atom is -0.492 e. The monoisotopic (exact) mass is 395 g/mol. The standard InChI is InChI=1S/C21H22FN5O2/c22-6-2-7-23-21(28)15-4-1-3-14(9-15)10-24-20-17-5-8-29-19(17)18(13-25-20)16-11-26-27-12-16/h1,3-4,9,11-13H,2,5-8,10H2,(H,23,28)(H,24,25)(H,26,27). The topological polar surface area (TPSA) is 91.9 Å². The summed E-state index contributed by atoms with van der Waals surface area (Å²) in [5.74, 6) is 1.42. The minimum absolute atomic E-state index is 0.197. The van der Waals surface area contributed by atoms with Crippen LogP contribution in [0.2, 0.25) is 0 Å². The fraction of sp³-hybridized carbons (Fsp3) is 0.286. The molecule has 7 nitrogen and oxygen atoms in total. The number of aromatic amines is 1. The number of halogens is 1. The summed E-state index contributed by atoms with van der Waals surface area (Å²) >= 11 is 0. The predicted molar refractivity (Wildman–Crippen MR) is 108 cm³/mol. The molecule has 1 aromatic carbocycles. The van der Waals surface area contributed by atoms with Gasteiger partial charge in [0, 0.05) is 54.2 Å². The van der Waals surface area contributed by atoms with Crippen LogP contribution >= 0.6 is 0 Å². The van der Waals surface area contributed by atoms with Crippen molar-refractivity contribution in [3.05, 3.63) is 59.5 Å². The zero-order chi connectivity index (χ0) is 20.1. The normalized spacial score (nSPS) is 12.3. The first kappa shape index (κ1) is 18.9. The van der Waals surface area contributed by atoms with Gasteiger partial charge in [0.1, 0.15) is 11.6 Å². The lowest BCUT2D eigenvalue weighted by molar-refractivity contribution is 0.0952. The number of pyridine rings is 1. The van der Waals surface area contributed by atoms with Crippen molar-refractivity contribution < 1.29 is 13.9 Å². The number of amides is 1. The zero-order valence-corrected chi connectivity index (χ0v) is 15.9. The van der Waals surface area contributed by atoms with Crippen LogP contribution in [0, 0.1) is 0 Å². The van der Waals surface area contributed by atoms with Crippen LogP contribution in [0.25, 0.3) is 11.1 Å². The molecule has 1 amide bonds. The van der Waals surface area contributed by atoms with E-state index in [1.54, 1.807) is 18.5 Å². The maximum absolute atomic E-state index is 12.2. The lowest BCUT2D eigenvalue weighted by atomic mass is 10.1. The van der Waals surface area contributed by atoms with Gasteiger partial charge in [-0.3, -0.25) is 14.3 Å². The van der Waals surface area contributed by atoms with Gasteiger partial charge in [0.25, 0.3) is 5.91 Å². The van der Waals surface area contributed by atoms with Crippen molar-refractivity contribution in [1.29, 1.82) is 0 Å². The van der Waals surface area contributed by atoms with Gasteiger partial charge in [-0.1, -0.05) is 12.1 Å². The lowest BCUT2D eigenvalue weighted by Gasteiger charge is -2.12. The van der Waals surface area contributed by atoms with Crippen molar-refractivity contribution in [2.45, 2.75) is 19.4 Å². The molecule has 8 heteroatoms. The van der Waals surface area contributed by atoms with E-state index < -0.39 is 6.67 Å². The third kappa shape index (κ3) is 4.21. The molecule has 0 aliphatic carbocycles. The second-order valence-electron chi connectivity index (χ2n) is 6.77. The first-order chi connectivity index (χ1) is 14.3. The van der Waals surface area contributed by atoms with Crippen molar-refractivity contribution in [2.75, 3.05) is 25.1 Å². The summed E-state index contributed by atoms with van der Waals surface area (Å²) in [7, 11) is 0. The molecule has 0 bridgehead atoms. The minimum atomic E-state index is -0.440. The second-order valence-corrected chi connectivity index (χ2v) is 6.77. The molecule has 3 N–H and O–H groups in total. The Labute approximate surface area is 167 Å². The van der Waals surface area contributed by atoms with Gasteiger partial charge in [-0.2, -0.15) is 5.10 Å². The van der Waals surface area contributed by atoms with E-state index in [4.69, 9.17) is 4.74 Å². The number of rotatable bonds is 8. The smallest absolute Gasteiger partial charge is 0.251 e. The van der Waals surface area contributed by atoms with Gasteiger partial charge in [-0.25, -0.2) is 4.98 Å². The molecule has 1 aliphatic heterocycles. The molecule has 150 valence electrons. The molecule has 0 radical (unpaired) electrons. The fourth-order valence-corrected chi connectivity index (χ4v) is 3.32. The SMILES string of the molecule is O=C(NCCCF)c1cccc(CNc2ncc(-c3cn[nH]c3)c3c2CCO3)c1. The Kier molecular flexibility index (Phi) is 5.69. The van der Waals surface area contributed by atoms with Crippen molar-refractivity contribution in [1.82, 2.24) is 20.5 Å². The number of alkyl halides is 1. The van der Waals surface area contributed by atoms with Crippen molar-refractivity contribution in [3.8, 4) is 16.9 Å². The molecule has 0 fully saturated rings. The third-order valence-corrected chi connectivity index (χ3v) is 4.78. The Morgan fingerprint density at radius 2 is 2.24 bits per heavy atom. The highest BCUT2D eigenvalue weighted by molar-refractivity contribution is 5.94. The van der Waals surface area contributed by atoms with Crippen LogP contribution < -0.4 is 15.4 Å². The van der Waals surface area contributed by atoms with E-state index in [2.05, 4.69) is 25.8 Å². The molecule has 2 aromatic heterocycles. The van der Waals surface area contributed by atoms with Crippen LogP contribution in [0.1, 0.15) is 27.9 Å². The van der Waals surface area contributed by atoms with Gasteiger partial charge >= 0.3 is 0 Å². The Bertz CT molecular complexity index is 991. The zero-order valence-electron chi connectivity index (χ0n) is 15.9. The number of carbonyl (C=O) groups excluding carboxylic acids is 1. The van der Waals surface area contributed by atoms with Gasteiger partial charge in [0.2, 0.25) is 0 Å². The number of H-pyrrole nitrogens is 1. The van der Waals surface area contributed by atoms with E-state index in [0.29, 0.717) is 31.7 Å². The van der Waals surface area contributed by atoms with E-state index in [0.717, 1.165) is 40.2 Å². The van der Waals surface area contributed by atoms with E-state index in [1.807, 2.05) is 24.4 Å². The number of fused-ring (bicyclic) bond motifs is 1. The van der Waals surface area contributed by atoms with Gasteiger partial charge in [0.05, 0.1) is 19.5 Å². The molecule has 3 aromatic rings. The number of nitrogens with zero attached hydrogens (tertiary/aromatic N) is 2. The number of anilines is 1. The second kappa shape index (κ2) is 8.72. The van der Waals surface area contributed by atoms with Crippen LogP contribution in [0.15, 0.2) is 42.9 Å². The van der Waals surface area contributed by atoms with Crippen LogP contribution in [0.5, 0.6) is 5.75 Å². The summed E-state index contributed by atoms with van der Waals surface area (Å²) in [5, 5.41) is 12.9. The van der Waals surface area contributed by atoms with E-state index >= 15 is 0 Å². The number of carbonyl (C=O) groups is 1. The molecule has 4 rings (SSSR count). The average Bonchev–Trinajstić information content (AvgIpc) is 3.45. The first-order valence-corrected chi connectivity index (χ1v) is 9.57. The summed E-state index contributed by atoms with van der Waals surface area (Å²) in [6, 6.07) is 7.36. The van der Waals surface area contributed by atoms with Gasteiger partial charge in [0.15, 0.2) is 0 Å². The van der Waals surface area contributed by atoms with Crippen LogP contribution in [0.3, 0.4) is 0 Å². The Balaban J connectivity index is 1.47. The molecule has 0 saturated heterocycles. The lowest BCUT2D eigenvalue weighted by Crippen LogP contribution is -2.24.